The molecule has 1 aliphatic rings. The Hall–Kier alpha value is -1.89. The Kier molecular flexibility index (Phi) is 3.67. The van der Waals surface area contributed by atoms with Crippen LogP contribution >= 0.6 is 11.3 Å². The van der Waals surface area contributed by atoms with Crippen LogP contribution in [0, 0.1) is 6.92 Å². The molecule has 7 heteroatoms. The number of hydrogen-bond donors (Lipinski definition) is 1. The van der Waals surface area contributed by atoms with E-state index in [1.165, 1.54) is 4.88 Å². The third kappa shape index (κ3) is 2.65. The Morgan fingerprint density at radius 1 is 1.38 bits per heavy atom. The third-order valence-electron chi connectivity index (χ3n) is 3.59. The number of rotatable bonds is 3. The summed E-state index contributed by atoms with van der Waals surface area (Å²) in [7, 11) is 1.84. The molecule has 0 atom stereocenters. The number of anilines is 2. The molecule has 0 aromatic carbocycles. The van der Waals surface area contributed by atoms with Crippen molar-refractivity contribution in [2.24, 2.45) is 0 Å². The zero-order valence-electron chi connectivity index (χ0n) is 12.5. The molecule has 1 aliphatic heterocycles. The minimum Gasteiger partial charge on any atom is -0.354 e. The lowest BCUT2D eigenvalue weighted by Crippen LogP contribution is -2.48. The summed E-state index contributed by atoms with van der Waals surface area (Å²) < 4.78 is 0. The lowest BCUT2D eigenvalue weighted by molar-refractivity contribution is -0.129. The summed E-state index contributed by atoms with van der Waals surface area (Å²) in [6.07, 6.45) is 0. The smallest absolute Gasteiger partial charge is 0.241 e. The normalized spacial score (nSPS) is 15.9. The van der Waals surface area contributed by atoms with E-state index >= 15 is 0 Å². The molecule has 2 aromatic rings. The van der Waals surface area contributed by atoms with Crippen LogP contribution < -0.4 is 10.2 Å². The zero-order chi connectivity index (χ0) is 15.0. The number of piperazine rings is 1. The minimum absolute atomic E-state index is 0.130. The molecule has 21 heavy (non-hydrogen) atoms. The molecule has 3 heterocycles. The maximum Gasteiger partial charge on any atom is 0.241 e. The monoisotopic (exact) mass is 305 g/mol. The number of carbonyl (C=O) groups is 1. The quantitative estimate of drug-likeness (QED) is 0.935. The Balaban J connectivity index is 2.05. The predicted molar refractivity (Wildman–Crippen MR) is 86.2 cm³/mol. The van der Waals surface area contributed by atoms with Gasteiger partial charge in [0, 0.05) is 31.6 Å². The fourth-order valence-electron chi connectivity index (χ4n) is 2.44. The van der Waals surface area contributed by atoms with Gasteiger partial charge in [-0.3, -0.25) is 4.79 Å². The summed E-state index contributed by atoms with van der Waals surface area (Å²) in [6.45, 7) is 6.77. The number of hydrogen-bond acceptors (Lipinski definition) is 6. The van der Waals surface area contributed by atoms with E-state index < -0.39 is 0 Å². The van der Waals surface area contributed by atoms with Crippen molar-refractivity contribution in [1.29, 1.82) is 0 Å². The molecule has 0 saturated carbocycles. The lowest BCUT2D eigenvalue weighted by atomic mass is 10.2. The number of aryl methyl sites for hydroxylation is 1. The van der Waals surface area contributed by atoms with Crippen LogP contribution in [-0.4, -0.2) is 54.0 Å². The fraction of sp³-hybridized carbons (Fsp3) is 0.500. The van der Waals surface area contributed by atoms with Crippen molar-refractivity contribution in [2.75, 3.05) is 43.4 Å². The first-order valence-electron chi connectivity index (χ1n) is 7.09. The largest absolute Gasteiger partial charge is 0.354 e. The van der Waals surface area contributed by atoms with Crippen LogP contribution in [0.25, 0.3) is 10.2 Å². The first-order chi connectivity index (χ1) is 10.1. The van der Waals surface area contributed by atoms with Crippen LogP contribution in [0.1, 0.15) is 11.8 Å². The number of fused-ring (bicyclic) bond motifs is 1. The van der Waals surface area contributed by atoms with Gasteiger partial charge in [0.2, 0.25) is 11.9 Å². The van der Waals surface area contributed by atoms with Crippen LogP contribution in [0.2, 0.25) is 0 Å². The Morgan fingerprint density at radius 2 is 2.19 bits per heavy atom. The van der Waals surface area contributed by atoms with Gasteiger partial charge in [-0.2, -0.15) is 4.98 Å². The number of likely N-dealkylation sites (N-methyl/N-ethyl adjacent to an activating group) is 1. The molecule has 0 spiro atoms. The Morgan fingerprint density at radius 3 is 2.90 bits per heavy atom. The molecule has 0 aliphatic carbocycles. The summed E-state index contributed by atoms with van der Waals surface area (Å²) >= 11 is 1.66. The van der Waals surface area contributed by atoms with Gasteiger partial charge in [-0.25, -0.2) is 4.98 Å². The van der Waals surface area contributed by atoms with Crippen molar-refractivity contribution in [2.45, 2.75) is 13.8 Å². The van der Waals surface area contributed by atoms with E-state index in [1.807, 2.05) is 14.0 Å². The molecular weight excluding hydrogens is 286 g/mol. The van der Waals surface area contributed by atoms with Crippen LogP contribution in [0.5, 0.6) is 0 Å². The van der Waals surface area contributed by atoms with E-state index in [9.17, 15) is 4.79 Å². The van der Waals surface area contributed by atoms with Gasteiger partial charge in [0.15, 0.2) is 0 Å². The van der Waals surface area contributed by atoms with Crippen LogP contribution in [0.4, 0.5) is 11.8 Å². The average molecular weight is 305 g/mol. The highest BCUT2D eigenvalue weighted by molar-refractivity contribution is 7.18. The van der Waals surface area contributed by atoms with Gasteiger partial charge in [-0.05, 0) is 19.9 Å². The van der Waals surface area contributed by atoms with Crippen molar-refractivity contribution in [3.63, 3.8) is 0 Å². The highest BCUT2D eigenvalue weighted by Gasteiger charge is 2.24. The van der Waals surface area contributed by atoms with E-state index in [1.54, 1.807) is 16.2 Å². The number of nitrogens with zero attached hydrogens (tertiary/aromatic N) is 4. The van der Waals surface area contributed by atoms with E-state index in [-0.39, 0.29) is 5.91 Å². The zero-order valence-corrected chi connectivity index (χ0v) is 13.3. The van der Waals surface area contributed by atoms with Crippen molar-refractivity contribution in [1.82, 2.24) is 14.9 Å². The average Bonchev–Trinajstić information content (AvgIpc) is 2.81. The number of amides is 1. The molecule has 112 valence electrons. The van der Waals surface area contributed by atoms with Crippen molar-refractivity contribution in [3.05, 3.63) is 10.9 Å². The molecule has 1 N–H and O–H groups in total. The van der Waals surface area contributed by atoms with Gasteiger partial charge in [0.1, 0.15) is 10.6 Å². The molecule has 2 aromatic heterocycles. The van der Waals surface area contributed by atoms with Crippen LogP contribution in [0.3, 0.4) is 0 Å². The van der Waals surface area contributed by atoms with E-state index in [0.717, 1.165) is 35.7 Å². The maximum absolute atomic E-state index is 12.0. The van der Waals surface area contributed by atoms with E-state index in [0.29, 0.717) is 12.5 Å². The lowest BCUT2D eigenvalue weighted by Gasteiger charge is -2.33. The van der Waals surface area contributed by atoms with Crippen LogP contribution in [0.15, 0.2) is 6.07 Å². The van der Waals surface area contributed by atoms with E-state index in [2.05, 4.69) is 33.2 Å². The molecule has 0 unspecified atom stereocenters. The first kappa shape index (κ1) is 14.1. The molecule has 6 nitrogen and oxygen atoms in total. The second kappa shape index (κ2) is 5.48. The van der Waals surface area contributed by atoms with Gasteiger partial charge in [0.25, 0.3) is 0 Å². The van der Waals surface area contributed by atoms with Gasteiger partial charge in [-0.15, -0.1) is 11.3 Å². The molecule has 1 saturated heterocycles. The first-order valence-corrected chi connectivity index (χ1v) is 7.91. The summed E-state index contributed by atoms with van der Waals surface area (Å²) in [6, 6.07) is 2.11. The third-order valence-corrected chi connectivity index (χ3v) is 4.53. The molecule has 0 bridgehead atoms. The second-order valence-electron chi connectivity index (χ2n) is 5.21. The summed E-state index contributed by atoms with van der Waals surface area (Å²) in [5, 5.41) is 4.21. The molecular formula is C14H19N5OS. The number of carbonyl (C=O) groups excluding carboxylic acids is 1. The molecule has 0 radical (unpaired) electrons. The van der Waals surface area contributed by atoms with E-state index in [4.69, 9.17) is 0 Å². The number of aromatic nitrogens is 2. The minimum atomic E-state index is 0.130. The van der Waals surface area contributed by atoms with Crippen molar-refractivity contribution >= 4 is 39.2 Å². The highest BCUT2D eigenvalue weighted by atomic mass is 32.1. The van der Waals surface area contributed by atoms with Crippen LogP contribution in [-0.2, 0) is 4.79 Å². The predicted octanol–water partition coefficient (Wildman–Crippen LogP) is 1.71. The van der Waals surface area contributed by atoms with Crippen molar-refractivity contribution < 1.29 is 4.79 Å². The topological polar surface area (TPSA) is 61.4 Å². The number of thiophene rings is 1. The van der Waals surface area contributed by atoms with Gasteiger partial charge in [-0.1, -0.05) is 0 Å². The highest BCUT2D eigenvalue weighted by Crippen LogP contribution is 2.32. The summed E-state index contributed by atoms with van der Waals surface area (Å²) in [5.74, 6) is 1.62. The molecule has 1 fully saturated rings. The maximum atomic E-state index is 12.0. The Labute approximate surface area is 127 Å². The van der Waals surface area contributed by atoms with Gasteiger partial charge < -0.3 is 15.1 Å². The summed E-state index contributed by atoms with van der Waals surface area (Å²) in [4.78, 5) is 27.1. The number of nitrogens with one attached hydrogen (secondary N) is 1. The van der Waals surface area contributed by atoms with Gasteiger partial charge >= 0.3 is 0 Å². The standard InChI is InChI=1S/C14H19N5OS/c1-4-15-14-16-12(10-7-9(2)21-13(10)17-14)19-6-5-18(3)11(20)8-19/h7H,4-6,8H2,1-3H3,(H,15,16,17). The molecule has 3 rings (SSSR count). The SMILES string of the molecule is CCNc1nc(N2CCN(C)C(=O)C2)c2cc(C)sc2n1. The molecule has 1 amide bonds. The van der Waals surface area contributed by atoms with Gasteiger partial charge in [0.05, 0.1) is 11.9 Å². The van der Waals surface area contributed by atoms with Crippen molar-refractivity contribution in [3.8, 4) is 0 Å². The second-order valence-corrected chi connectivity index (χ2v) is 6.45. The summed E-state index contributed by atoms with van der Waals surface area (Å²) in [5.41, 5.74) is 0. The fourth-order valence-corrected chi connectivity index (χ4v) is 3.32. The Bertz CT molecular complexity index is 683.